The highest BCUT2D eigenvalue weighted by Crippen LogP contribution is 2.30. The predicted molar refractivity (Wildman–Crippen MR) is 167 cm³/mol. The summed E-state index contributed by atoms with van der Waals surface area (Å²) < 4.78 is 6.19. The van der Waals surface area contributed by atoms with Crippen LogP contribution in [0.15, 0.2) is 88.5 Å². The normalized spacial score (nSPS) is 16.4. The molecule has 0 bridgehead atoms. The van der Waals surface area contributed by atoms with Crippen LogP contribution in [0.5, 0.6) is 0 Å². The van der Waals surface area contributed by atoms with Gasteiger partial charge in [0.25, 0.3) is 0 Å². The number of hydrogen-bond donors (Lipinski definition) is 3. The van der Waals surface area contributed by atoms with Gasteiger partial charge in [-0.15, -0.1) is 0 Å². The van der Waals surface area contributed by atoms with Crippen LogP contribution < -0.4 is 16.5 Å². The zero-order valence-electron chi connectivity index (χ0n) is 25.5. The van der Waals surface area contributed by atoms with Crippen LogP contribution in [0.4, 0.5) is 0 Å². The molecular formula is C35H42N4O3. The lowest BCUT2D eigenvalue weighted by molar-refractivity contribution is -0.170. The van der Waals surface area contributed by atoms with Crippen LogP contribution in [0.2, 0.25) is 0 Å². The van der Waals surface area contributed by atoms with Gasteiger partial charge in [0.15, 0.2) is 0 Å². The second-order valence-corrected chi connectivity index (χ2v) is 12.2. The number of carbonyl (C=O) groups excluding carboxylic acids is 1. The molecule has 0 saturated carbocycles. The van der Waals surface area contributed by atoms with Gasteiger partial charge in [0.05, 0.1) is 18.2 Å². The van der Waals surface area contributed by atoms with E-state index in [9.17, 15) is 4.79 Å². The average Bonchev–Trinajstić information content (AvgIpc) is 3.46. The molecule has 7 nitrogen and oxygen atoms in total. The second-order valence-electron chi connectivity index (χ2n) is 12.2. The van der Waals surface area contributed by atoms with Gasteiger partial charge >= 0.3 is 0 Å². The van der Waals surface area contributed by atoms with E-state index < -0.39 is 0 Å². The van der Waals surface area contributed by atoms with Crippen LogP contribution in [0, 0.1) is 13.8 Å². The SMILES string of the molecule is CC1=C(Cc2cc3cc(CC(=O)NC(c4ccccc4)c4ccc(C)cc4C)ccc3o2)C(C)ON1NCC(C)(C)N. The lowest BCUT2D eigenvalue weighted by Gasteiger charge is -2.26. The number of nitrogens with zero attached hydrogens (tertiary/aromatic N) is 1. The van der Waals surface area contributed by atoms with Crippen molar-refractivity contribution in [1.82, 2.24) is 15.9 Å². The Morgan fingerprint density at radius 2 is 1.79 bits per heavy atom. The first-order valence-corrected chi connectivity index (χ1v) is 14.6. The predicted octanol–water partition coefficient (Wildman–Crippen LogP) is 6.19. The molecule has 1 aliphatic rings. The monoisotopic (exact) mass is 566 g/mol. The van der Waals surface area contributed by atoms with E-state index in [2.05, 4.69) is 61.0 Å². The largest absolute Gasteiger partial charge is 0.461 e. The van der Waals surface area contributed by atoms with Crippen molar-refractivity contribution in [2.75, 3.05) is 6.54 Å². The molecular weight excluding hydrogens is 524 g/mol. The highest BCUT2D eigenvalue weighted by Gasteiger charge is 2.29. The van der Waals surface area contributed by atoms with Gasteiger partial charge < -0.3 is 15.5 Å². The molecule has 1 amide bonds. The lowest BCUT2D eigenvalue weighted by atomic mass is 9.93. The molecule has 4 aromatic rings. The third kappa shape index (κ3) is 6.93. The summed E-state index contributed by atoms with van der Waals surface area (Å²) >= 11 is 0. The van der Waals surface area contributed by atoms with Crippen LogP contribution in [-0.2, 0) is 22.5 Å². The number of fused-ring (bicyclic) bond motifs is 1. The highest BCUT2D eigenvalue weighted by atomic mass is 16.7. The van der Waals surface area contributed by atoms with Gasteiger partial charge in [-0.2, -0.15) is 5.17 Å². The number of allylic oxidation sites excluding steroid dienone is 1. The first-order valence-electron chi connectivity index (χ1n) is 14.6. The summed E-state index contributed by atoms with van der Waals surface area (Å²) in [6.45, 7) is 12.8. The van der Waals surface area contributed by atoms with E-state index in [-0.39, 0.29) is 30.0 Å². The minimum absolute atomic E-state index is 0.0298. The zero-order valence-corrected chi connectivity index (χ0v) is 25.5. The number of benzene rings is 3. The standard InChI is InChI=1S/C35H42N4O3/c1-22-12-14-30(23(2)16-22)34(27-10-8-7-9-11-27)38-33(40)18-26-13-15-32-28(17-26)19-29(41-32)20-31-24(3)39(42-25(31)4)37-21-35(5,6)36/h7-17,19,25,34,37H,18,20-21,36H2,1-6H3,(H,38,40). The molecule has 0 spiro atoms. The third-order valence-electron chi connectivity index (χ3n) is 7.74. The minimum atomic E-state index is -0.356. The Balaban J connectivity index is 1.30. The molecule has 2 unspecified atom stereocenters. The molecule has 1 aromatic heterocycles. The smallest absolute Gasteiger partial charge is 0.225 e. The Hall–Kier alpha value is -3.91. The van der Waals surface area contributed by atoms with Gasteiger partial charge in [-0.1, -0.05) is 60.2 Å². The van der Waals surface area contributed by atoms with Crippen molar-refractivity contribution in [1.29, 1.82) is 0 Å². The van der Waals surface area contributed by atoms with E-state index in [1.807, 2.05) is 64.1 Å². The molecule has 220 valence electrons. The Kier molecular flexibility index (Phi) is 8.55. The number of carbonyl (C=O) groups is 1. The Morgan fingerprint density at radius 1 is 1.02 bits per heavy atom. The number of hydrogen-bond acceptors (Lipinski definition) is 6. The van der Waals surface area contributed by atoms with E-state index in [0.717, 1.165) is 50.3 Å². The van der Waals surface area contributed by atoms with Crippen LogP contribution >= 0.6 is 0 Å². The maximum Gasteiger partial charge on any atom is 0.225 e. The summed E-state index contributed by atoms with van der Waals surface area (Å²) in [7, 11) is 0. The topological polar surface area (TPSA) is 92.8 Å². The van der Waals surface area contributed by atoms with E-state index in [4.69, 9.17) is 15.0 Å². The molecule has 5 rings (SSSR count). The molecule has 2 heterocycles. The Morgan fingerprint density at radius 3 is 2.50 bits per heavy atom. The van der Waals surface area contributed by atoms with Gasteiger partial charge in [-0.3, -0.25) is 9.63 Å². The van der Waals surface area contributed by atoms with Crippen molar-refractivity contribution in [3.05, 3.63) is 118 Å². The van der Waals surface area contributed by atoms with E-state index >= 15 is 0 Å². The quantitative estimate of drug-likeness (QED) is 0.212. The number of furan rings is 1. The van der Waals surface area contributed by atoms with Crippen molar-refractivity contribution in [2.45, 2.75) is 72.1 Å². The van der Waals surface area contributed by atoms with Gasteiger partial charge in [0, 0.05) is 23.9 Å². The van der Waals surface area contributed by atoms with E-state index in [0.29, 0.717) is 13.0 Å². The molecule has 0 radical (unpaired) electrons. The van der Waals surface area contributed by atoms with Crippen LogP contribution in [-0.4, -0.2) is 29.3 Å². The second kappa shape index (κ2) is 12.1. The summed E-state index contributed by atoms with van der Waals surface area (Å²) in [5.41, 5.74) is 17.5. The first kappa shape index (κ1) is 29.6. The van der Waals surface area contributed by atoms with Crippen molar-refractivity contribution in [2.24, 2.45) is 5.73 Å². The number of aryl methyl sites for hydroxylation is 2. The molecule has 7 heteroatoms. The van der Waals surface area contributed by atoms with E-state index in [1.54, 1.807) is 5.17 Å². The fourth-order valence-electron chi connectivity index (χ4n) is 5.49. The maximum absolute atomic E-state index is 13.4. The van der Waals surface area contributed by atoms with Crippen molar-refractivity contribution < 1.29 is 14.0 Å². The molecule has 3 aromatic carbocycles. The minimum Gasteiger partial charge on any atom is -0.461 e. The molecule has 1 aliphatic heterocycles. The average molecular weight is 567 g/mol. The molecule has 0 aliphatic carbocycles. The summed E-state index contributed by atoms with van der Waals surface area (Å²) in [4.78, 5) is 19.4. The molecule has 0 saturated heterocycles. The van der Waals surface area contributed by atoms with Crippen LogP contribution in [0.3, 0.4) is 0 Å². The summed E-state index contributed by atoms with van der Waals surface area (Å²) in [6.07, 6.45) is 0.828. The van der Waals surface area contributed by atoms with Gasteiger partial charge in [-0.05, 0) is 87.6 Å². The van der Waals surface area contributed by atoms with E-state index in [1.165, 1.54) is 5.56 Å². The third-order valence-corrected chi connectivity index (χ3v) is 7.74. The summed E-state index contributed by atoms with van der Waals surface area (Å²) in [5.74, 6) is 0.828. The number of nitrogens with one attached hydrogen (secondary N) is 2. The summed E-state index contributed by atoms with van der Waals surface area (Å²) in [6, 6.07) is 24.3. The highest BCUT2D eigenvalue weighted by molar-refractivity contribution is 5.83. The Labute approximate surface area is 248 Å². The lowest BCUT2D eigenvalue weighted by Crippen LogP contribution is -2.48. The molecule has 42 heavy (non-hydrogen) atoms. The van der Waals surface area contributed by atoms with Gasteiger partial charge in [-0.25, -0.2) is 5.43 Å². The molecule has 2 atom stereocenters. The van der Waals surface area contributed by atoms with Crippen molar-refractivity contribution in [3.63, 3.8) is 0 Å². The van der Waals surface area contributed by atoms with Crippen molar-refractivity contribution >= 4 is 16.9 Å². The van der Waals surface area contributed by atoms with Crippen LogP contribution in [0.1, 0.15) is 67.3 Å². The van der Waals surface area contributed by atoms with Crippen molar-refractivity contribution in [3.8, 4) is 0 Å². The fourth-order valence-corrected chi connectivity index (χ4v) is 5.49. The Bertz CT molecular complexity index is 1600. The number of amides is 1. The number of nitrogens with two attached hydrogens (primary N) is 1. The zero-order chi connectivity index (χ0) is 30.0. The number of hydroxylamine groups is 1. The van der Waals surface area contributed by atoms with Gasteiger partial charge in [0.1, 0.15) is 17.4 Å². The summed E-state index contributed by atoms with van der Waals surface area (Å²) in [5, 5.41) is 5.99. The first-order chi connectivity index (χ1) is 20.0. The van der Waals surface area contributed by atoms with Gasteiger partial charge in [0.2, 0.25) is 5.91 Å². The number of hydrazine groups is 1. The van der Waals surface area contributed by atoms with Crippen LogP contribution in [0.25, 0.3) is 11.0 Å². The fraction of sp³-hybridized carbons (Fsp3) is 0.343. The molecule has 0 fully saturated rings. The number of rotatable bonds is 10. The maximum atomic E-state index is 13.4. The molecule has 4 N–H and O–H groups in total.